The lowest BCUT2D eigenvalue weighted by Crippen LogP contribution is -2.43. The van der Waals surface area contributed by atoms with Crippen LogP contribution < -0.4 is 5.32 Å². The molecular formula is C13H15BrF3N5O. The van der Waals surface area contributed by atoms with Crippen molar-refractivity contribution in [1.29, 1.82) is 0 Å². The van der Waals surface area contributed by atoms with Gasteiger partial charge in [-0.05, 0) is 35.8 Å². The Morgan fingerprint density at radius 3 is 2.22 bits per heavy atom. The Bertz CT molecular complexity index is 747. The van der Waals surface area contributed by atoms with Crippen LogP contribution in [-0.4, -0.2) is 25.5 Å². The van der Waals surface area contributed by atoms with Gasteiger partial charge in [-0.1, -0.05) is 0 Å². The number of aromatic nitrogens is 4. The summed E-state index contributed by atoms with van der Waals surface area (Å²) in [7, 11) is 3.00. The van der Waals surface area contributed by atoms with E-state index in [0.29, 0.717) is 10.3 Å². The Balaban J connectivity index is 2.28. The lowest BCUT2D eigenvalue weighted by Gasteiger charge is -2.26. The first-order chi connectivity index (χ1) is 10.4. The predicted octanol–water partition coefficient (Wildman–Crippen LogP) is 2.60. The zero-order valence-corrected chi connectivity index (χ0v) is 14.4. The van der Waals surface area contributed by atoms with Gasteiger partial charge in [0.15, 0.2) is 5.69 Å². The largest absolute Gasteiger partial charge is 0.435 e. The molecule has 6 nitrogen and oxygen atoms in total. The molecule has 0 fully saturated rings. The SMILES string of the molecule is Cn1nc(C(F)(F)F)cc1C(=O)NC(C)(C)c1cc(Br)nn1C. The molecule has 0 spiro atoms. The number of aryl methyl sites for hydroxylation is 2. The number of nitrogens with one attached hydrogen (secondary N) is 1. The second-order valence-electron chi connectivity index (χ2n) is 5.59. The number of hydrogen-bond donors (Lipinski definition) is 1. The van der Waals surface area contributed by atoms with E-state index in [0.717, 1.165) is 10.7 Å². The first-order valence-corrected chi connectivity index (χ1v) is 7.35. The van der Waals surface area contributed by atoms with E-state index in [9.17, 15) is 18.0 Å². The fraction of sp³-hybridized carbons (Fsp3) is 0.462. The van der Waals surface area contributed by atoms with Crippen molar-refractivity contribution >= 4 is 21.8 Å². The Labute approximate surface area is 138 Å². The van der Waals surface area contributed by atoms with Gasteiger partial charge in [0.25, 0.3) is 5.91 Å². The van der Waals surface area contributed by atoms with Crippen molar-refractivity contribution in [1.82, 2.24) is 24.9 Å². The Hall–Kier alpha value is -1.84. The van der Waals surface area contributed by atoms with Crippen molar-refractivity contribution in [3.05, 3.63) is 33.8 Å². The van der Waals surface area contributed by atoms with Gasteiger partial charge >= 0.3 is 6.18 Å². The molecule has 0 saturated carbocycles. The van der Waals surface area contributed by atoms with Gasteiger partial charge < -0.3 is 5.32 Å². The summed E-state index contributed by atoms with van der Waals surface area (Å²) in [6.07, 6.45) is -4.60. The fourth-order valence-corrected chi connectivity index (χ4v) is 2.70. The number of amides is 1. The first kappa shape index (κ1) is 17.5. The van der Waals surface area contributed by atoms with Crippen LogP contribution in [0.25, 0.3) is 0 Å². The third-order valence-electron chi connectivity index (χ3n) is 3.32. The van der Waals surface area contributed by atoms with Crippen molar-refractivity contribution in [2.24, 2.45) is 14.1 Å². The van der Waals surface area contributed by atoms with Crippen molar-refractivity contribution < 1.29 is 18.0 Å². The lowest BCUT2D eigenvalue weighted by atomic mass is 10.0. The van der Waals surface area contributed by atoms with Crippen molar-refractivity contribution in [2.75, 3.05) is 0 Å². The van der Waals surface area contributed by atoms with Crippen LogP contribution in [0.1, 0.15) is 35.7 Å². The van der Waals surface area contributed by atoms with E-state index < -0.39 is 23.3 Å². The second kappa shape index (κ2) is 5.66. The number of halogens is 4. The number of rotatable bonds is 3. The summed E-state index contributed by atoms with van der Waals surface area (Å²) in [5.41, 5.74) is -1.43. The highest BCUT2D eigenvalue weighted by Crippen LogP contribution is 2.29. The Kier molecular flexibility index (Phi) is 4.31. The normalized spacial score (nSPS) is 12.5. The van der Waals surface area contributed by atoms with E-state index in [-0.39, 0.29) is 5.69 Å². The van der Waals surface area contributed by atoms with E-state index in [1.165, 1.54) is 7.05 Å². The summed E-state index contributed by atoms with van der Waals surface area (Å²) < 4.78 is 41.1. The third kappa shape index (κ3) is 3.57. The summed E-state index contributed by atoms with van der Waals surface area (Å²) in [6, 6.07) is 2.45. The molecular weight excluding hydrogens is 379 g/mol. The van der Waals surface area contributed by atoms with Gasteiger partial charge in [0, 0.05) is 20.2 Å². The van der Waals surface area contributed by atoms with Gasteiger partial charge in [-0.3, -0.25) is 14.2 Å². The highest BCUT2D eigenvalue weighted by molar-refractivity contribution is 9.10. The maximum absolute atomic E-state index is 12.7. The molecule has 2 heterocycles. The maximum Gasteiger partial charge on any atom is 0.435 e. The molecule has 2 aromatic rings. The van der Waals surface area contributed by atoms with Crippen LogP contribution in [0.2, 0.25) is 0 Å². The monoisotopic (exact) mass is 393 g/mol. The average Bonchev–Trinajstić information content (AvgIpc) is 2.91. The summed E-state index contributed by atoms with van der Waals surface area (Å²) >= 11 is 3.24. The minimum Gasteiger partial charge on any atom is -0.340 e. The molecule has 0 unspecified atom stereocenters. The summed E-state index contributed by atoms with van der Waals surface area (Å²) in [6.45, 7) is 3.46. The van der Waals surface area contributed by atoms with E-state index in [1.54, 1.807) is 31.6 Å². The van der Waals surface area contributed by atoms with E-state index in [1.807, 2.05) is 0 Å². The van der Waals surface area contributed by atoms with E-state index >= 15 is 0 Å². The number of carbonyl (C=O) groups is 1. The Morgan fingerprint density at radius 1 is 1.17 bits per heavy atom. The van der Waals surface area contributed by atoms with Crippen LogP contribution >= 0.6 is 15.9 Å². The van der Waals surface area contributed by atoms with E-state index in [4.69, 9.17) is 0 Å². The summed E-state index contributed by atoms with van der Waals surface area (Å²) in [5, 5.41) is 10.2. The van der Waals surface area contributed by atoms with Gasteiger partial charge in [0.2, 0.25) is 0 Å². The van der Waals surface area contributed by atoms with Gasteiger partial charge in [-0.25, -0.2) is 0 Å². The highest BCUT2D eigenvalue weighted by atomic mass is 79.9. The lowest BCUT2D eigenvalue weighted by molar-refractivity contribution is -0.141. The minimum absolute atomic E-state index is 0.174. The van der Waals surface area contributed by atoms with Crippen LogP contribution in [0, 0.1) is 0 Å². The van der Waals surface area contributed by atoms with Crippen LogP contribution in [-0.2, 0) is 25.8 Å². The molecule has 2 aromatic heterocycles. The summed E-state index contributed by atoms with van der Waals surface area (Å²) in [4.78, 5) is 12.3. The molecule has 1 N–H and O–H groups in total. The molecule has 1 amide bonds. The molecule has 10 heteroatoms. The zero-order chi connectivity index (χ0) is 17.6. The molecule has 0 aromatic carbocycles. The maximum atomic E-state index is 12.7. The van der Waals surface area contributed by atoms with Crippen LogP contribution in [0.5, 0.6) is 0 Å². The van der Waals surface area contributed by atoms with Crippen LogP contribution in [0.15, 0.2) is 16.7 Å². The number of carbonyl (C=O) groups excluding carboxylic acids is 1. The molecule has 0 aliphatic carbocycles. The number of alkyl halides is 3. The predicted molar refractivity (Wildman–Crippen MR) is 79.6 cm³/mol. The van der Waals surface area contributed by atoms with Gasteiger partial charge in [-0.15, -0.1) is 0 Å². The van der Waals surface area contributed by atoms with Gasteiger partial charge in [-0.2, -0.15) is 23.4 Å². The fourth-order valence-electron chi connectivity index (χ4n) is 2.25. The van der Waals surface area contributed by atoms with Crippen molar-refractivity contribution in [3.63, 3.8) is 0 Å². The molecule has 0 radical (unpaired) electrons. The zero-order valence-electron chi connectivity index (χ0n) is 12.9. The molecule has 0 aliphatic rings. The molecule has 23 heavy (non-hydrogen) atoms. The number of hydrogen-bond acceptors (Lipinski definition) is 3. The smallest absolute Gasteiger partial charge is 0.340 e. The van der Waals surface area contributed by atoms with Crippen LogP contribution in [0.3, 0.4) is 0 Å². The van der Waals surface area contributed by atoms with E-state index in [2.05, 4.69) is 31.4 Å². The minimum atomic E-state index is -4.60. The molecule has 0 bridgehead atoms. The van der Waals surface area contributed by atoms with Crippen molar-refractivity contribution in [3.8, 4) is 0 Å². The average molecular weight is 394 g/mol. The highest BCUT2D eigenvalue weighted by Gasteiger charge is 2.36. The van der Waals surface area contributed by atoms with Gasteiger partial charge in [0.05, 0.1) is 11.2 Å². The standard InChI is InChI=1S/C13H15BrF3N5O/c1-12(2,9-6-10(14)20-22(9)4)18-11(23)7-5-8(13(15,16)17)19-21(7)3/h5-6H,1-4H3,(H,18,23). The van der Waals surface area contributed by atoms with Crippen molar-refractivity contribution in [2.45, 2.75) is 25.6 Å². The molecule has 2 rings (SSSR count). The molecule has 0 aliphatic heterocycles. The molecule has 0 saturated heterocycles. The summed E-state index contributed by atoms with van der Waals surface area (Å²) in [5.74, 6) is -0.655. The van der Waals surface area contributed by atoms with Gasteiger partial charge in [0.1, 0.15) is 10.3 Å². The topological polar surface area (TPSA) is 64.7 Å². The van der Waals surface area contributed by atoms with Crippen LogP contribution in [0.4, 0.5) is 13.2 Å². The first-order valence-electron chi connectivity index (χ1n) is 6.55. The third-order valence-corrected chi connectivity index (χ3v) is 3.71. The Morgan fingerprint density at radius 2 is 1.78 bits per heavy atom. The molecule has 126 valence electrons. The second-order valence-corrected chi connectivity index (χ2v) is 6.40. The quantitative estimate of drug-likeness (QED) is 0.871. The number of nitrogens with zero attached hydrogens (tertiary/aromatic N) is 4. The molecule has 0 atom stereocenters.